The van der Waals surface area contributed by atoms with E-state index in [1.54, 1.807) is 12.1 Å². The van der Waals surface area contributed by atoms with E-state index in [-0.39, 0.29) is 12.4 Å². The van der Waals surface area contributed by atoms with Gasteiger partial charge in [-0.2, -0.15) is 0 Å². The van der Waals surface area contributed by atoms with Gasteiger partial charge in [0.05, 0.1) is 6.42 Å². The summed E-state index contributed by atoms with van der Waals surface area (Å²) in [5, 5.41) is 19.6. The van der Waals surface area contributed by atoms with Gasteiger partial charge in [-0.15, -0.1) is 0 Å². The van der Waals surface area contributed by atoms with E-state index in [2.05, 4.69) is 5.32 Å². The van der Waals surface area contributed by atoms with E-state index >= 15 is 0 Å². The standard InChI is InChI=1S/C16H15NO7/c18-14(19)8-12(16(21)22)17-15(20)13-7-6-11(24-13)9-23-10-4-2-1-3-5-10/h1-7,12H,8-9H2,(H,17,20)(H,18,19)(H,21,22). The summed E-state index contributed by atoms with van der Waals surface area (Å²) in [5.41, 5.74) is 0. The molecule has 0 bridgehead atoms. The average Bonchev–Trinajstić information content (AvgIpc) is 3.02. The minimum Gasteiger partial charge on any atom is -0.486 e. The lowest BCUT2D eigenvalue weighted by Gasteiger charge is -2.10. The molecule has 24 heavy (non-hydrogen) atoms. The second-order valence-corrected chi connectivity index (χ2v) is 4.83. The monoisotopic (exact) mass is 333 g/mol. The number of carbonyl (C=O) groups excluding carboxylic acids is 1. The van der Waals surface area contributed by atoms with E-state index in [9.17, 15) is 14.4 Å². The van der Waals surface area contributed by atoms with Crippen LogP contribution in [0.25, 0.3) is 0 Å². The van der Waals surface area contributed by atoms with E-state index < -0.39 is 30.3 Å². The van der Waals surface area contributed by atoms with Crippen molar-refractivity contribution in [1.29, 1.82) is 0 Å². The maximum Gasteiger partial charge on any atom is 0.326 e. The molecule has 1 atom stereocenters. The van der Waals surface area contributed by atoms with Gasteiger partial charge < -0.3 is 24.7 Å². The zero-order valence-corrected chi connectivity index (χ0v) is 12.5. The summed E-state index contributed by atoms with van der Waals surface area (Å²) in [6, 6.07) is 10.3. The Labute approximate surface area is 136 Å². The molecule has 1 heterocycles. The van der Waals surface area contributed by atoms with Crippen LogP contribution in [-0.2, 0) is 16.2 Å². The molecule has 0 aliphatic carbocycles. The second-order valence-electron chi connectivity index (χ2n) is 4.83. The topological polar surface area (TPSA) is 126 Å². The van der Waals surface area contributed by atoms with Crippen molar-refractivity contribution in [3.05, 3.63) is 54.0 Å². The third-order valence-electron chi connectivity index (χ3n) is 2.99. The first-order chi connectivity index (χ1) is 11.5. The lowest BCUT2D eigenvalue weighted by molar-refractivity contribution is -0.145. The Balaban J connectivity index is 1.95. The first-order valence-corrected chi connectivity index (χ1v) is 6.97. The van der Waals surface area contributed by atoms with Crippen molar-refractivity contribution in [2.75, 3.05) is 0 Å². The van der Waals surface area contributed by atoms with Gasteiger partial charge in [0.2, 0.25) is 0 Å². The molecule has 8 nitrogen and oxygen atoms in total. The van der Waals surface area contributed by atoms with Gasteiger partial charge in [0, 0.05) is 0 Å². The normalized spacial score (nSPS) is 11.5. The number of ether oxygens (including phenoxy) is 1. The summed E-state index contributed by atoms with van der Waals surface area (Å²) in [7, 11) is 0. The minimum atomic E-state index is -1.54. The Hall–Kier alpha value is -3.29. The first kappa shape index (κ1) is 17.1. The molecule has 1 aromatic carbocycles. The van der Waals surface area contributed by atoms with Gasteiger partial charge in [-0.1, -0.05) is 18.2 Å². The van der Waals surface area contributed by atoms with Gasteiger partial charge in [0.1, 0.15) is 24.2 Å². The Morgan fingerprint density at radius 3 is 2.42 bits per heavy atom. The van der Waals surface area contributed by atoms with Gasteiger partial charge in [-0.05, 0) is 24.3 Å². The van der Waals surface area contributed by atoms with E-state index in [1.807, 2.05) is 18.2 Å². The van der Waals surface area contributed by atoms with Crippen molar-refractivity contribution in [2.24, 2.45) is 0 Å². The van der Waals surface area contributed by atoms with Crippen molar-refractivity contribution in [1.82, 2.24) is 5.32 Å². The van der Waals surface area contributed by atoms with E-state index in [4.69, 9.17) is 19.4 Å². The molecule has 2 aromatic rings. The SMILES string of the molecule is O=C(O)CC(NC(=O)c1ccc(COc2ccccc2)o1)C(=O)O. The molecule has 2 rings (SSSR count). The van der Waals surface area contributed by atoms with Crippen LogP contribution in [0.2, 0.25) is 0 Å². The number of hydrogen-bond acceptors (Lipinski definition) is 5. The smallest absolute Gasteiger partial charge is 0.326 e. The van der Waals surface area contributed by atoms with Crippen LogP contribution < -0.4 is 10.1 Å². The summed E-state index contributed by atoms with van der Waals surface area (Å²) in [4.78, 5) is 33.5. The molecule has 0 radical (unpaired) electrons. The molecular weight excluding hydrogens is 318 g/mol. The molecule has 0 aliphatic heterocycles. The number of furan rings is 1. The molecule has 0 spiro atoms. The molecule has 3 N–H and O–H groups in total. The van der Waals surface area contributed by atoms with Crippen LogP contribution in [0.5, 0.6) is 5.75 Å². The third kappa shape index (κ3) is 4.87. The molecular formula is C16H15NO7. The van der Waals surface area contributed by atoms with Gasteiger partial charge in [-0.25, -0.2) is 4.79 Å². The highest BCUT2D eigenvalue weighted by atomic mass is 16.5. The van der Waals surface area contributed by atoms with Crippen LogP contribution in [0.3, 0.4) is 0 Å². The zero-order chi connectivity index (χ0) is 17.5. The number of rotatable bonds is 8. The lowest BCUT2D eigenvalue weighted by Crippen LogP contribution is -2.42. The fraction of sp³-hybridized carbons (Fsp3) is 0.188. The number of aliphatic carboxylic acids is 2. The number of para-hydroxylation sites is 1. The molecule has 0 fully saturated rings. The van der Waals surface area contributed by atoms with E-state index in [1.165, 1.54) is 12.1 Å². The van der Waals surface area contributed by atoms with Crippen molar-refractivity contribution < 1.29 is 33.8 Å². The predicted octanol–water partition coefficient (Wildman–Crippen LogP) is 1.52. The first-order valence-electron chi connectivity index (χ1n) is 6.97. The van der Waals surface area contributed by atoms with Crippen molar-refractivity contribution in [3.8, 4) is 5.75 Å². The fourth-order valence-electron chi connectivity index (χ4n) is 1.85. The summed E-state index contributed by atoms with van der Waals surface area (Å²) < 4.78 is 10.7. The summed E-state index contributed by atoms with van der Waals surface area (Å²) in [6.07, 6.45) is -0.730. The molecule has 0 saturated carbocycles. The number of hydrogen-bond donors (Lipinski definition) is 3. The number of benzene rings is 1. The fourth-order valence-corrected chi connectivity index (χ4v) is 1.85. The highest BCUT2D eigenvalue weighted by molar-refractivity contribution is 5.95. The largest absolute Gasteiger partial charge is 0.486 e. The molecule has 1 amide bonds. The summed E-state index contributed by atoms with van der Waals surface area (Å²) in [5.74, 6) is -2.71. The molecule has 1 aromatic heterocycles. The van der Waals surface area contributed by atoms with Gasteiger partial charge in [0.15, 0.2) is 5.76 Å². The number of carboxylic acids is 2. The number of nitrogens with one attached hydrogen (secondary N) is 1. The van der Waals surface area contributed by atoms with Gasteiger partial charge in [0.25, 0.3) is 5.91 Å². The second kappa shape index (κ2) is 7.82. The average molecular weight is 333 g/mol. The van der Waals surface area contributed by atoms with Crippen LogP contribution in [0.1, 0.15) is 22.7 Å². The molecule has 8 heteroatoms. The Morgan fingerprint density at radius 2 is 1.79 bits per heavy atom. The minimum absolute atomic E-state index is 0.0920. The van der Waals surface area contributed by atoms with Crippen LogP contribution in [0.15, 0.2) is 46.9 Å². The van der Waals surface area contributed by atoms with Crippen LogP contribution in [-0.4, -0.2) is 34.1 Å². The Morgan fingerprint density at radius 1 is 1.08 bits per heavy atom. The van der Waals surface area contributed by atoms with Gasteiger partial charge >= 0.3 is 11.9 Å². The number of carboxylic acid groups (broad SMARTS) is 2. The molecule has 1 unspecified atom stereocenters. The van der Waals surface area contributed by atoms with Crippen LogP contribution in [0.4, 0.5) is 0 Å². The number of carbonyl (C=O) groups is 3. The predicted molar refractivity (Wildman–Crippen MR) is 80.6 cm³/mol. The molecule has 0 saturated heterocycles. The van der Waals surface area contributed by atoms with Crippen LogP contribution in [0, 0.1) is 0 Å². The quantitative estimate of drug-likeness (QED) is 0.668. The maximum absolute atomic E-state index is 11.9. The highest BCUT2D eigenvalue weighted by Crippen LogP contribution is 2.14. The Kier molecular flexibility index (Phi) is 5.56. The van der Waals surface area contributed by atoms with Crippen molar-refractivity contribution in [3.63, 3.8) is 0 Å². The van der Waals surface area contributed by atoms with E-state index in [0.29, 0.717) is 11.5 Å². The molecule has 126 valence electrons. The summed E-state index contributed by atoms with van der Waals surface area (Å²) in [6.45, 7) is 0.0920. The third-order valence-corrected chi connectivity index (χ3v) is 2.99. The zero-order valence-electron chi connectivity index (χ0n) is 12.5. The van der Waals surface area contributed by atoms with Gasteiger partial charge in [-0.3, -0.25) is 9.59 Å². The van der Waals surface area contributed by atoms with Crippen molar-refractivity contribution >= 4 is 17.8 Å². The van der Waals surface area contributed by atoms with Crippen molar-refractivity contribution in [2.45, 2.75) is 19.1 Å². The summed E-state index contributed by atoms with van der Waals surface area (Å²) >= 11 is 0. The number of amides is 1. The lowest BCUT2D eigenvalue weighted by atomic mass is 10.2. The highest BCUT2D eigenvalue weighted by Gasteiger charge is 2.24. The van der Waals surface area contributed by atoms with E-state index in [0.717, 1.165) is 0 Å². The van der Waals surface area contributed by atoms with Crippen LogP contribution >= 0.6 is 0 Å². The molecule has 0 aliphatic rings. The Bertz CT molecular complexity index is 723. The maximum atomic E-state index is 11.9.